The van der Waals surface area contributed by atoms with Crippen molar-refractivity contribution in [2.75, 3.05) is 11.9 Å². The van der Waals surface area contributed by atoms with Gasteiger partial charge in [-0.1, -0.05) is 6.92 Å². The van der Waals surface area contributed by atoms with Crippen LogP contribution in [0.25, 0.3) is 0 Å². The highest BCUT2D eigenvalue weighted by atomic mass is 15.2. The summed E-state index contributed by atoms with van der Waals surface area (Å²) in [5, 5.41) is 11.6. The molecule has 0 unspecified atom stereocenters. The Bertz CT molecular complexity index is 474. The lowest BCUT2D eigenvalue weighted by molar-refractivity contribution is 0.705. The van der Waals surface area contributed by atoms with Gasteiger partial charge in [0, 0.05) is 25.5 Å². The number of aromatic nitrogens is 4. The molecule has 0 aliphatic rings. The summed E-state index contributed by atoms with van der Waals surface area (Å²) in [6.07, 6.45) is 5.61. The van der Waals surface area contributed by atoms with Gasteiger partial charge in [-0.25, -0.2) is 4.98 Å². The van der Waals surface area contributed by atoms with E-state index in [0.29, 0.717) is 0 Å². The predicted molar refractivity (Wildman–Crippen MR) is 71.5 cm³/mol. The first-order chi connectivity index (χ1) is 8.83. The van der Waals surface area contributed by atoms with Gasteiger partial charge in [-0.2, -0.15) is 5.10 Å². The highest BCUT2D eigenvalue weighted by Gasteiger charge is 2.04. The summed E-state index contributed by atoms with van der Waals surface area (Å²) in [5.41, 5.74) is 0.943. The van der Waals surface area contributed by atoms with Crippen LogP contribution < -0.4 is 5.32 Å². The van der Waals surface area contributed by atoms with E-state index in [4.69, 9.17) is 0 Å². The van der Waals surface area contributed by atoms with Crippen LogP contribution >= 0.6 is 0 Å². The van der Waals surface area contributed by atoms with Crippen molar-refractivity contribution in [3.8, 4) is 0 Å². The van der Waals surface area contributed by atoms with Crippen LogP contribution in [0.3, 0.4) is 0 Å². The van der Waals surface area contributed by atoms with Crippen molar-refractivity contribution in [3.05, 3.63) is 36.0 Å². The van der Waals surface area contributed by atoms with Gasteiger partial charge in [0.25, 0.3) is 0 Å². The standard InChI is InChI=1S/C13H19N5/c1-3-7-14-12-6-5-11(16-17-12)10-13-15-8-9-18(13)4-2/h5-6,8-9H,3-4,7,10H2,1-2H3,(H,14,17). The summed E-state index contributed by atoms with van der Waals surface area (Å²) in [6, 6.07) is 3.97. The molecular formula is C13H19N5. The molecule has 96 valence electrons. The average molecular weight is 245 g/mol. The van der Waals surface area contributed by atoms with E-state index in [2.05, 4.69) is 38.9 Å². The summed E-state index contributed by atoms with van der Waals surface area (Å²) < 4.78 is 2.12. The summed E-state index contributed by atoms with van der Waals surface area (Å²) in [6.45, 7) is 6.08. The fraction of sp³-hybridized carbons (Fsp3) is 0.462. The van der Waals surface area contributed by atoms with E-state index < -0.39 is 0 Å². The molecule has 0 aliphatic heterocycles. The Hall–Kier alpha value is -1.91. The lowest BCUT2D eigenvalue weighted by Crippen LogP contribution is -2.06. The summed E-state index contributed by atoms with van der Waals surface area (Å²) in [5.74, 6) is 1.86. The second-order valence-corrected chi connectivity index (χ2v) is 4.14. The molecule has 0 aliphatic carbocycles. The SMILES string of the molecule is CCCNc1ccc(Cc2nccn2CC)nn1. The minimum Gasteiger partial charge on any atom is -0.369 e. The zero-order valence-corrected chi connectivity index (χ0v) is 10.9. The summed E-state index contributed by atoms with van der Waals surface area (Å²) in [4.78, 5) is 4.33. The van der Waals surface area contributed by atoms with Gasteiger partial charge in [-0.15, -0.1) is 5.10 Å². The molecule has 5 nitrogen and oxygen atoms in total. The molecule has 2 heterocycles. The van der Waals surface area contributed by atoms with E-state index in [-0.39, 0.29) is 0 Å². The number of rotatable bonds is 6. The number of anilines is 1. The van der Waals surface area contributed by atoms with Gasteiger partial charge < -0.3 is 9.88 Å². The first-order valence-electron chi connectivity index (χ1n) is 6.40. The maximum Gasteiger partial charge on any atom is 0.148 e. The molecule has 0 amide bonds. The Morgan fingerprint density at radius 3 is 2.78 bits per heavy atom. The molecule has 0 radical (unpaired) electrons. The molecular weight excluding hydrogens is 226 g/mol. The quantitative estimate of drug-likeness (QED) is 0.846. The van der Waals surface area contributed by atoms with Crippen molar-refractivity contribution in [3.63, 3.8) is 0 Å². The van der Waals surface area contributed by atoms with Crippen molar-refractivity contribution >= 4 is 5.82 Å². The molecule has 18 heavy (non-hydrogen) atoms. The minimum absolute atomic E-state index is 0.724. The molecule has 2 rings (SSSR count). The van der Waals surface area contributed by atoms with Crippen molar-refractivity contribution in [1.82, 2.24) is 19.7 Å². The van der Waals surface area contributed by atoms with Gasteiger partial charge >= 0.3 is 0 Å². The van der Waals surface area contributed by atoms with Gasteiger partial charge in [-0.05, 0) is 25.5 Å². The lowest BCUT2D eigenvalue weighted by atomic mass is 10.3. The Kier molecular flexibility index (Phi) is 4.28. The van der Waals surface area contributed by atoms with Crippen LogP contribution in [-0.2, 0) is 13.0 Å². The van der Waals surface area contributed by atoms with Crippen LogP contribution in [0.5, 0.6) is 0 Å². The number of imidazole rings is 1. The smallest absolute Gasteiger partial charge is 0.148 e. The Morgan fingerprint density at radius 2 is 2.11 bits per heavy atom. The first kappa shape index (κ1) is 12.5. The normalized spacial score (nSPS) is 10.6. The van der Waals surface area contributed by atoms with Crippen LogP contribution in [0, 0.1) is 0 Å². The average Bonchev–Trinajstić information content (AvgIpc) is 2.85. The van der Waals surface area contributed by atoms with Crippen molar-refractivity contribution in [1.29, 1.82) is 0 Å². The zero-order chi connectivity index (χ0) is 12.8. The van der Waals surface area contributed by atoms with Crippen LogP contribution in [0.15, 0.2) is 24.5 Å². The van der Waals surface area contributed by atoms with Crippen LogP contribution in [0.2, 0.25) is 0 Å². The topological polar surface area (TPSA) is 55.6 Å². The molecule has 0 saturated carbocycles. The van der Waals surface area contributed by atoms with E-state index in [1.807, 2.05) is 24.5 Å². The first-order valence-corrected chi connectivity index (χ1v) is 6.40. The highest BCUT2D eigenvalue weighted by molar-refractivity contribution is 5.33. The lowest BCUT2D eigenvalue weighted by Gasteiger charge is -2.05. The second kappa shape index (κ2) is 6.14. The Morgan fingerprint density at radius 1 is 1.22 bits per heavy atom. The molecule has 0 bridgehead atoms. The van der Waals surface area contributed by atoms with Crippen molar-refractivity contribution in [2.24, 2.45) is 0 Å². The third-order valence-corrected chi connectivity index (χ3v) is 2.76. The van der Waals surface area contributed by atoms with Gasteiger partial charge in [0.2, 0.25) is 0 Å². The number of aryl methyl sites for hydroxylation is 1. The number of hydrogen-bond donors (Lipinski definition) is 1. The number of nitrogens with zero attached hydrogens (tertiary/aromatic N) is 4. The van der Waals surface area contributed by atoms with Crippen molar-refractivity contribution < 1.29 is 0 Å². The van der Waals surface area contributed by atoms with E-state index in [1.165, 1.54) is 0 Å². The zero-order valence-electron chi connectivity index (χ0n) is 10.9. The number of nitrogens with one attached hydrogen (secondary N) is 1. The fourth-order valence-corrected chi connectivity index (χ4v) is 1.76. The largest absolute Gasteiger partial charge is 0.369 e. The molecule has 0 aromatic carbocycles. The molecule has 0 atom stereocenters. The number of hydrogen-bond acceptors (Lipinski definition) is 4. The van der Waals surface area contributed by atoms with Gasteiger partial charge in [0.1, 0.15) is 11.6 Å². The van der Waals surface area contributed by atoms with E-state index >= 15 is 0 Å². The van der Waals surface area contributed by atoms with Gasteiger partial charge in [-0.3, -0.25) is 0 Å². The van der Waals surface area contributed by atoms with Gasteiger partial charge in [0.15, 0.2) is 0 Å². The van der Waals surface area contributed by atoms with Crippen LogP contribution in [-0.4, -0.2) is 26.3 Å². The maximum atomic E-state index is 4.33. The fourth-order valence-electron chi connectivity index (χ4n) is 1.76. The van der Waals surface area contributed by atoms with E-state index in [0.717, 1.165) is 43.3 Å². The molecule has 0 saturated heterocycles. The highest BCUT2D eigenvalue weighted by Crippen LogP contribution is 2.07. The molecule has 0 fully saturated rings. The summed E-state index contributed by atoms with van der Waals surface area (Å²) in [7, 11) is 0. The molecule has 5 heteroatoms. The Balaban J connectivity index is 2.02. The third-order valence-electron chi connectivity index (χ3n) is 2.76. The van der Waals surface area contributed by atoms with Crippen LogP contribution in [0.1, 0.15) is 31.8 Å². The molecule has 2 aromatic rings. The molecule has 0 spiro atoms. The Labute approximate surface area is 107 Å². The van der Waals surface area contributed by atoms with Gasteiger partial charge in [0.05, 0.1) is 12.1 Å². The summed E-state index contributed by atoms with van der Waals surface area (Å²) >= 11 is 0. The monoisotopic (exact) mass is 245 g/mol. The molecule has 1 N–H and O–H groups in total. The maximum absolute atomic E-state index is 4.33. The predicted octanol–water partition coefficient (Wildman–Crippen LogP) is 2.11. The third kappa shape index (κ3) is 3.06. The molecule has 2 aromatic heterocycles. The van der Waals surface area contributed by atoms with E-state index in [9.17, 15) is 0 Å². The van der Waals surface area contributed by atoms with Crippen molar-refractivity contribution in [2.45, 2.75) is 33.2 Å². The second-order valence-electron chi connectivity index (χ2n) is 4.14. The van der Waals surface area contributed by atoms with E-state index in [1.54, 1.807) is 0 Å². The minimum atomic E-state index is 0.724. The van der Waals surface area contributed by atoms with Crippen LogP contribution in [0.4, 0.5) is 5.82 Å².